The molecule has 0 spiro atoms. The van der Waals surface area contributed by atoms with Crippen LogP contribution in [0.2, 0.25) is 5.02 Å². The van der Waals surface area contributed by atoms with Crippen molar-refractivity contribution in [2.45, 2.75) is 0 Å². The molecule has 0 aliphatic rings. The highest BCUT2D eigenvalue weighted by atomic mass is 35.5. The summed E-state index contributed by atoms with van der Waals surface area (Å²) in [6, 6.07) is 13.6. The van der Waals surface area contributed by atoms with E-state index in [1.165, 1.54) is 7.11 Å². The molecule has 0 radical (unpaired) electrons. The number of H-pyrrole nitrogens is 1. The molecule has 24 heavy (non-hydrogen) atoms. The second kappa shape index (κ2) is 6.59. The highest BCUT2D eigenvalue weighted by Crippen LogP contribution is 2.27. The van der Waals surface area contributed by atoms with Crippen LogP contribution in [0.3, 0.4) is 0 Å². The van der Waals surface area contributed by atoms with Crippen molar-refractivity contribution >= 4 is 23.2 Å². The summed E-state index contributed by atoms with van der Waals surface area (Å²) in [5.74, 6) is -0.259. The van der Waals surface area contributed by atoms with Crippen LogP contribution in [0.15, 0.2) is 53.3 Å². The number of nitrogens with one attached hydrogen (secondary N) is 2. The third-order valence-electron chi connectivity index (χ3n) is 3.24. The molecule has 7 nitrogen and oxygen atoms in total. The van der Waals surface area contributed by atoms with E-state index in [0.29, 0.717) is 22.1 Å². The number of carbonyl (C=O) groups is 1. The van der Waals surface area contributed by atoms with E-state index in [0.717, 1.165) is 4.68 Å². The Hall–Kier alpha value is -3.06. The minimum atomic E-state index is -0.581. The van der Waals surface area contributed by atoms with Crippen molar-refractivity contribution in [1.82, 2.24) is 14.8 Å². The fourth-order valence-corrected chi connectivity index (χ4v) is 2.30. The molecule has 3 rings (SSSR count). The molecule has 0 saturated carbocycles. The molecule has 1 aromatic heterocycles. The number of methoxy groups -OCH3 is 1. The van der Waals surface area contributed by atoms with Crippen molar-refractivity contribution in [2.24, 2.45) is 0 Å². The maximum atomic E-state index is 12.3. The molecule has 0 aliphatic carbocycles. The summed E-state index contributed by atoms with van der Waals surface area (Å²) in [7, 11) is 1.48. The number of rotatable bonds is 4. The molecule has 0 aliphatic heterocycles. The number of amides is 1. The summed E-state index contributed by atoms with van der Waals surface area (Å²) >= 11 is 5.93. The van der Waals surface area contributed by atoms with Gasteiger partial charge in [0.1, 0.15) is 5.75 Å². The van der Waals surface area contributed by atoms with Crippen LogP contribution in [0.4, 0.5) is 5.69 Å². The molecule has 0 bridgehead atoms. The van der Waals surface area contributed by atoms with E-state index in [-0.39, 0.29) is 5.82 Å². The van der Waals surface area contributed by atoms with Crippen LogP contribution in [0, 0.1) is 0 Å². The number of carbonyl (C=O) groups excluding carboxylic acids is 1. The van der Waals surface area contributed by atoms with Gasteiger partial charge in [-0.2, -0.15) is 4.68 Å². The standard InChI is InChI=1S/C16H13ClN4O3/c1-24-13-8-7-10(17)9-12(13)18-15(22)14-19-16(23)21(20-14)11-5-3-2-4-6-11/h2-9H,1H3,(H,18,22)(H,19,20,23). The number of nitrogens with zero attached hydrogens (tertiary/aromatic N) is 2. The van der Waals surface area contributed by atoms with Crippen molar-refractivity contribution < 1.29 is 9.53 Å². The van der Waals surface area contributed by atoms with Crippen molar-refractivity contribution in [1.29, 1.82) is 0 Å². The van der Waals surface area contributed by atoms with Gasteiger partial charge in [0.2, 0.25) is 5.82 Å². The topological polar surface area (TPSA) is 89.0 Å². The van der Waals surface area contributed by atoms with E-state index in [1.54, 1.807) is 42.5 Å². The van der Waals surface area contributed by atoms with Gasteiger partial charge < -0.3 is 10.1 Å². The fourth-order valence-electron chi connectivity index (χ4n) is 2.13. The summed E-state index contributed by atoms with van der Waals surface area (Å²) < 4.78 is 6.28. The third kappa shape index (κ3) is 3.16. The molecule has 3 aromatic rings. The lowest BCUT2D eigenvalue weighted by atomic mass is 10.3. The summed E-state index contributed by atoms with van der Waals surface area (Å²) in [6.45, 7) is 0. The van der Waals surface area contributed by atoms with E-state index < -0.39 is 11.6 Å². The smallest absolute Gasteiger partial charge is 0.348 e. The number of aromatic nitrogens is 3. The number of ether oxygens (including phenoxy) is 1. The van der Waals surface area contributed by atoms with Crippen molar-refractivity contribution in [3.8, 4) is 11.4 Å². The van der Waals surface area contributed by atoms with Crippen LogP contribution in [0.5, 0.6) is 5.75 Å². The molecule has 122 valence electrons. The molecule has 1 amide bonds. The van der Waals surface area contributed by atoms with Gasteiger partial charge in [0, 0.05) is 5.02 Å². The van der Waals surface area contributed by atoms with Crippen molar-refractivity contribution in [3.63, 3.8) is 0 Å². The van der Waals surface area contributed by atoms with E-state index >= 15 is 0 Å². The average molecular weight is 345 g/mol. The molecule has 2 N–H and O–H groups in total. The van der Waals surface area contributed by atoms with Crippen LogP contribution >= 0.6 is 11.6 Å². The van der Waals surface area contributed by atoms with Gasteiger partial charge in [-0.25, -0.2) is 4.79 Å². The van der Waals surface area contributed by atoms with Crippen molar-refractivity contribution in [2.75, 3.05) is 12.4 Å². The van der Waals surface area contributed by atoms with Gasteiger partial charge >= 0.3 is 5.69 Å². The van der Waals surface area contributed by atoms with Crippen molar-refractivity contribution in [3.05, 3.63) is 69.9 Å². The highest BCUT2D eigenvalue weighted by molar-refractivity contribution is 6.31. The van der Waals surface area contributed by atoms with Gasteiger partial charge in [0.25, 0.3) is 5.91 Å². The van der Waals surface area contributed by atoms with E-state index in [9.17, 15) is 9.59 Å². The Bertz CT molecular complexity index is 934. The van der Waals surface area contributed by atoms with Gasteiger partial charge in [-0.1, -0.05) is 29.8 Å². The summed E-state index contributed by atoms with van der Waals surface area (Å²) in [5, 5.41) is 7.07. The molecule has 1 heterocycles. The van der Waals surface area contributed by atoms with Crippen LogP contribution in [-0.2, 0) is 0 Å². The molecule has 2 aromatic carbocycles. The molecule has 0 unspecified atom stereocenters. The van der Waals surface area contributed by atoms with Gasteiger partial charge in [-0.05, 0) is 30.3 Å². The first-order valence-corrected chi connectivity index (χ1v) is 7.36. The Morgan fingerprint density at radius 1 is 1.25 bits per heavy atom. The minimum absolute atomic E-state index is 0.120. The first-order chi connectivity index (χ1) is 11.6. The molecular weight excluding hydrogens is 332 g/mol. The zero-order valence-electron chi connectivity index (χ0n) is 12.6. The third-order valence-corrected chi connectivity index (χ3v) is 3.48. The average Bonchev–Trinajstić information content (AvgIpc) is 2.98. The van der Waals surface area contributed by atoms with Gasteiger partial charge in [-0.3, -0.25) is 9.78 Å². The second-order valence-electron chi connectivity index (χ2n) is 4.82. The summed E-state index contributed by atoms with van der Waals surface area (Å²) in [6.07, 6.45) is 0. The lowest BCUT2D eigenvalue weighted by molar-refractivity contribution is 0.101. The zero-order chi connectivity index (χ0) is 17.1. The Kier molecular flexibility index (Phi) is 4.35. The Morgan fingerprint density at radius 2 is 2.00 bits per heavy atom. The molecule has 0 atom stereocenters. The van der Waals surface area contributed by atoms with Gasteiger partial charge in [0.15, 0.2) is 0 Å². The van der Waals surface area contributed by atoms with E-state index in [1.807, 2.05) is 6.07 Å². The largest absolute Gasteiger partial charge is 0.495 e. The van der Waals surface area contributed by atoms with Gasteiger partial charge in [0.05, 0.1) is 18.5 Å². The molecular formula is C16H13ClN4O3. The number of benzene rings is 2. The molecule has 0 saturated heterocycles. The maximum Gasteiger partial charge on any atom is 0.348 e. The monoisotopic (exact) mass is 344 g/mol. The Balaban J connectivity index is 1.90. The first-order valence-electron chi connectivity index (χ1n) is 6.98. The maximum absolute atomic E-state index is 12.3. The van der Waals surface area contributed by atoms with Crippen LogP contribution in [0.25, 0.3) is 5.69 Å². The predicted molar refractivity (Wildman–Crippen MR) is 90.1 cm³/mol. The Morgan fingerprint density at radius 3 is 2.71 bits per heavy atom. The predicted octanol–water partition coefficient (Wildman–Crippen LogP) is 2.47. The summed E-state index contributed by atoms with van der Waals surface area (Å²) in [4.78, 5) is 26.8. The number of hydrogen-bond acceptors (Lipinski definition) is 4. The van der Waals surface area contributed by atoms with Crippen LogP contribution in [-0.4, -0.2) is 27.8 Å². The van der Waals surface area contributed by atoms with Gasteiger partial charge in [-0.15, -0.1) is 5.10 Å². The van der Waals surface area contributed by atoms with Crippen LogP contribution in [0.1, 0.15) is 10.6 Å². The van der Waals surface area contributed by atoms with E-state index in [4.69, 9.17) is 16.3 Å². The normalized spacial score (nSPS) is 10.4. The van der Waals surface area contributed by atoms with Crippen LogP contribution < -0.4 is 15.7 Å². The fraction of sp³-hybridized carbons (Fsp3) is 0.0625. The quantitative estimate of drug-likeness (QED) is 0.761. The molecule has 8 heteroatoms. The number of hydrogen-bond donors (Lipinski definition) is 2. The zero-order valence-corrected chi connectivity index (χ0v) is 13.4. The number of aromatic amines is 1. The lowest BCUT2D eigenvalue weighted by Gasteiger charge is -2.09. The highest BCUT2D eigenvalue weighted by Gasteiger charge is 2.16. The number of anilines is 1. The number of halogens is 1. The first kappa shape index (κ1) is 15.8. The SMILES string of the molecule is COc1ccc(Cl)cc1NC(=O)c1nn(-c2ccccc2)c(=O)[nH]1. The minimum Gasteiger partial charge on any atom is -0.495 e. The molecule has 0 fully saturated rings. The second-order valence-corrected chi connectivity index (χ2v) is 5.26. The van der Waals surface area contributed by atoms with E-state index in [2.05, 4.69) is 15.4 Å². The lowest BCUT2D eigenvalue weighted by Crippen LogP contribution is -2.16. The summed E-state index contributed by atoms with van der Waals surface area (Å²) in [5.41, 5.74) is 0.424. The Labute approximate surface area is 141 Å². The number of para-hydroxylation sites is 1.